The van der Waals surface area contributed by atoms with Crippen LogP contribution < -0.4 is 4.98 Å². The van der Waals surface area contributed by atoms with Crippen LogP contribution in [0.1, 0.15) is 110 Å². The Bertz CT molecular complexity index is 143. The Kier molecular flexibility index (Phi) is 19.3. The average Bonchev–Trinajstić information content (AvgIpc) is 2.47. The SMILES string of the molecule is CCCCCCCCCCCCCCCCCCN[SiH3]. The van der Waals surface area contributed by atoms with Crippen LogP contribution in [0.25, 0.3) is 0 Å². The van der Waals surface area contributed by atoms with Gasteiger partial charge in [-0.3, -0.25) is 0 Å². The third-order valence-electron chi connectivity index (χ3n) is 4.28. The van der Waals surface area contributed by atoms with Gasteiger partial charge in [-0.2, -0.15) is 0 Å². The fourth-order valence-corrected chi connectivity index (χ4v) is 3.20. The molecule has 0 spiro atoms. The highest BCUT2D eigenvalue weighted by Gasteiger charge is 1.94. The summed E-state index contributed by atoms with van der Waals surface area (Å²) in [6.07, 6.45) is 23.4. The average molecular weight is 300 g/mol. The summed E-state index contributed by atoms with van der Waals surface area (Å²) in [5.74, 6) is 0. The molecule has 0 aliphatic carbocycles. The Morgan fingerprint density at radius 3 is 1.10 bits per heavy atom. The Balaban J connectivity index is 2.89. The molecule has 0 atom stereocenters. The smallest absolute Gasteiger partial charge is 0.0749 e. The fraction of sp³-hybridized carbons (Fsp3) is 1.00. The van der Waals surface area contributed by atoms with Crippen molar-refractivity contribution in [3.8, 4) is 0 Å². The Morgan fingerprint density at radius 1 is 0.500 bits per heavy atom. The quantitative estimate of drug-likeness (QED) is 0.290. The zero-order valence-corrected chi connectivity index (χ0v) is 16.5. The Labute approximate surface area is 132 Å². The van der Waals surface area contributed by atoms with Crippen LogP contribution in [0.15, 0.2) is 0 Å². The molecule has 0 aromatic heterocycles. The van der Waals surface area contributed by atoms with Crippen molar-refractivity contribution < 1.29 is 0 Å². The van der Waals surface area contributed by atoms with E-state index in [-0.39, 0.29) is 0 Å². The third kappa shape index (κ3) is 18.2. The molecule has 0 aliphatic rings. The molecule has 0 heterocycles. The highest BCUT2D eigenvalue weighted by molar-refractivity contribution is 6.04. The lowest BCUT2D eigenvalue weighted by molar-refractivity contribution is 0.529. The molecule has 122 valence electrons. The maximum atomic E-state index is 3.36. The summed E-state index contributed by atoms with van der Waals surface area (Å²) >= 11 is 0. The van der Waals surface area contributed by atoms with E-state index < -0.39 is 0 Å². The first-order valence-corrected chi connectivity index (χ1v) is 10.6. The van der Waals surface area contributed by atoms with Crippen molar-refractivity contribution in [2.45, 2.75) is 110 Å². The van der Waals surface area contributed by atoms with Gasteiger partial charge in [0.15, 0.2) is 0 Å². The van der Waals surface area contributed by atoms with E-state index in [1.165, 1.54) is 109 Å². The fourth-order valence-electron chi connectivity index (χ4n) is 2.85. The Hall–Kier alpha value is 0.177. The van der Waals surface area contributed by atoms with E-state index >= 15 is 0 Å². The lowest BCUT2D eigenvalue weighted by atomic mass is 10.0. The minimum atomic E-state index is 1.16. The molecule has 0 rings (SSSR count). The first-order valence-electron chi connectivity index (χ1n) is 9.56. The first-order chi connectivity index (χ1) is 9.91. The highest BCUT2D eigenvalue weighted by Crippen LogP contribution is 2.13. The molecule has 2 heteroatoms. The number of rotatable bonds is 17. The number of hydrogen-bond acceptors (Lipinski definition) is 1. The largest absolute Gasteiger partial charge is 0.345 e. The van der Waals surface area contributed by atoms with Gasteiger partial charge in [0.2, 0.25) is 0 Å². The van der Waals surface area contributed by atoms with Crippen molar-refractivity contribution in [3.63, 3.8) is 0 Å². The van der Waals surface area contributed by atoms with Crippen LogP contribution in [-0.4, -0.2) is 16.9 Å². The number of unbranched alkanes of at least 4 members (excludes halogenated alkanes) is 15. The van der Waals surface area contributed by atoms with Crippen molar-refractivity contribution in [1.29, 1.82) is 0 Å². The summed E-state index contributed by atoms with van der Waals surface area (Å²) < 4.78 is 0. The first kappa shape index (κ1) is 20.2. The van der Waals surface area contributed by atoms with Crippen molar-refractivity contribution in [3.05, 3.63) is 0 Å². The zero-order chi connectivity index (χ0) is 14.7. The van der Waals surface area contributed by atoms with Crippen LogP contribution in [0, 0.1) is 0 Å². The van der Waals surface area contributed by atoms with Gasteiger partial charge < -0.3 is 4.98 Å². The predicted octanol–water partition coefficient (Wildman–Crippen LogP) is 5.12. The minimum Gasteiger partial charge on any atom is -0.345 e. The van der Waals surface area contributed by atoms with Gasteiger partial charge in [-0.25, -0.2) is 0 Å². The van der Waals surface area contributed by atoms with Crippen molar-refractivity contribution >= 4 is 10.4 Å². The van der Waals surface area contributed by atoms with Crippen LogP contribution in [0.4, 0.5) is 0 Å². The predicted molar refractivity (Wildman–Crippen MR) is 97.5 cm³/mol. The van der Waals surface area contributed by atoms with Gasteiger partial charge in [0, 0.05) is 0 Å². The van der Waals surface area contributed by atoms with Crippen LogP contribution in [0.2, 0.25) is 0 Å². The van der Waals surface area contributed by atoms with Crippen molar-refractivity contribution in [1.82, 2.24) is 4.98 Å². The second-order valence-corrected chi connectivity index (χ2v) is 7.11. The Morgan fingerprint density at radius 2 is 0.800 bits per heavy atom. The van der Waals surface area contributed by atoms with Gasteiger partial charge in [-0.05, 0) is 13.0 Å². The minimum absolute atomic E-state index is 1.16. The van der Waals surface area contributed by atoms with Crippen LogP contribution in [0.3, 0.4) is 0 Å². The summed E-state index contributed by atoms with van der Waals surface area (Å²) in [5, 5.41) is 0. The van der Waals surface area contributed by atoms with E-state index in [2.05, 4.69) is 11.9 Å². The summed E-state index contributed by atoms with van der Waals surface area (Å²) in [6.45, 7) is 3.55. The summed E-state index contributed by atoms with van der Waals surface area (Å²) in [5.41, 5.74) is 0. The van der Waals surface area contributed by atoms with E-state index in [4.69, 9.17) is 0 Å². The maximum absolute atomic E-state index is 3.36. The maximum Gasteiger partial charge on any atom is 0.0749 e. The van der Waals surface area contributed by atoms with Gasteiger partial charge in [0.1, 0.15) is 0 Å². The van der Waals surface area contributed by atoms with E-state index in [0.717, 1.165) is 10.4 Å². The number of nitrogens with one attached hydrogen (secondary N) is 1. The van der Waals surface area contributed by atoms with Gasteiger partial charge in [-0.1, -0.05) is 103 Å². The van der Waals surface area contributed by atoms with Gasteiger partial charge in [-0.15, -0.1) is 0 Å². The van der Waals surface area contributed by atoms with Crippen LogP contribution >= 0.6 is 0 Å². The second kappa shape index (κ2) is 19.2. The standard InChI is InChI=1S/C18H41NSi/c1-2-3-4-5-6-7-8-9-10-11-12-13-14-15-16-17-18-19-20/h19H,2-18H2,1,20H3. The van der Waals surface area contributed by atoms with E-state index in [1.807, 2.05) is 0 Å². The van der Waals surface area contributed by atoms with Gasteiger partial charge in [0.05, 0.1) is 10.4 Å². The molecule has 0 fully saturated rings. The molecule has 20 heavy (non-hydrogen) atoms. The molecule has 0 radical (unpaired) electrons. The topological polar surface area (TPSA) is 12.0 Å². The molecule has 0 bridgehead atoms. The summed E-state index contributed by atoms with van der Waals surface area (Å²) in [6, 6.07) is 0. The monoisotopic (exact) mass is 299 g/mol. The van der Waals surface area contributed by atoms with Crippen LogP contribution in [0.5, 0.6) is 0 Å². The molecule has 0 saturated heterocycles. The molecule has 0 aromatic rings. The molecule has 0 aliphatic heterocycles. The molecule has 1 nitrogen and oxygen atoms in total. The summed E-state index contributed by atoms with van der Waals surface area (Å²) in [7, 11) is 1.16. The molecule has 0 unspecified atom stereocenters. The zero-order valence-electron chi connectivity index (χ0n) is 14.5. The van der Waals surface area contributed by atoms with E-state index in [9.17, 15) is 0 Å². The van der Waals surface area contributed by atoms with Crippen molar-refractivity contribution in [2.75, 3.05) is 6.54 Å². The molecule has 1 N–H and O–H groups in total. The molecular weight excluding hydrogens is 258 g/mol. The van der Waals surface area contributed by atoms with Crippen molar-refractivity contribution in [2.24, 2.45) is 0 Å². The summed E-state index contributed by atoms with van der Waals surface area (Å²) in [4.78, 5) is 3.36. The van der Waals surface area contributed by atoms with Crippen LogP contribution in [-0.2, 0) is 0 Å². The third-order valence-corrected chi connectivity index (χ3v) is 4.78. The number of hydrogen-bond donors (Lipinski definition) is 1. The van der Waals surface area contributed by atoms with E-state index in [1.54, 1.807) is 0 Å². The van der Waals surface area contributed by atoms with E-state index in [0.29, 0.717) is 0 Å². The second-order valence-electron chi connectivity index (χ2n) is 6.41. The molecule has 0 saturated carbocycles. The molecular formula is C18H41NSi. The lowest BCUT2D eigenvalue weighted by Crippen LogP contribution is -2.09. The molecule has 0 aromatic carbocycles. The normalized spacial score (nSPS) is 11.2. The highest BCUT2D eigenvalue weighted by atomic mass is 28.2. The molecule has 0 amide bonds. The van der Waals surface area contributed by atoms with Gasteiger partial charge >= 0.3 is 0 Å². The van der Waals surface area contributed by atoms with Gasteiger partial charge in [0.25, 0.3) is 0 Å². The lowest BCUT2D eigenvalue weighted by Gasteiger charge is -2.03.